The standard InChI is InChI=1S/C21H13Cl3F3N5O3.C7H8O3S/c22-12-5-16(34-10-1-2-17(33)28-6-10)13(23)4-11(12)18-30-20(35-31-18)15-8-32-7-9(21(25,26)27)3-14(24)19(32)29-15;8-11(9,10)6-7-4-2-1-3-5-7/h3-5,7-8,10H,1-2,6H2,(H,28,33);1-5H,6H2,(H,8,9,10)/t10-;/m1./s1. The third-order valence-corrected chi connectivity index (χ3v) is 8.03. The molecule has 0 unspecified atom stereocenters. The number of benzene rings is 2. The van der Waals surface area contributed by atoms with E-state index in [9.17, 15) is 26.4 Å². The lowest BCUT2D eigenvalue weighted by molar-refractivity contribution is -0.137. The summed E-state index contributed by atoms with van der Waals surface area (Å²) in [5, 5.41) is 6.89. The number of carbonyl (C=O) groups excluding carboxylic acids is 1. The van der Waals surface area contributed by atoms with Gasteiger partial charge in [-0.15, -0.1) is 0 Å². The summed E-state index contributed by atoms with van der Waals surface area (Å²) in [5.41, 5.74) is 0.221. The van der Waals surface area contributed by atoms with Gasteiger partial charge < -0.3 is 19.0 Å². The molecule has 1 aliphatic heterocycles. The van der Waals surface area contributed by atoms with Crippen molar-refractivity contribution < 1.29 is 40.2 Å². The van der Waals surface area contributed by atoms with Crippen LogP contribution in [-0.2, 0) is 26.8 Å². The lowest BCUT2D eigenvalue weighted by Crippen LogP contribution is -2.40. The van der Waals surface area contributed by atoms with Crippen molar-refractivity contribution in [2.75, 3.05) is 6.54 Å². The first-order valence-corrected chi connectivity index (χ1v) is 15.9. The Morgan fingerprint density at radius 3 is 2.43 bits per heavy atom. The zero-order chi connectivity index (χ0) is 33.2. The predicted molar refractivity (Wildman–Crippen MR) is 162 cm³/mol. The van der Waals surface area contributed by atoms with Crippen molar-refractivity contribution in [1.82, 2.24) is 24.8 Å². The summed E-state index contributed by atoms with van der Waals surface area (Å²) in [6, 6.07) is 12.3. The number of piperidine rings is 1. The second-order valence-electron chi connectivity index (χ2n) is 9.91. The number of rotatable bonds is 6. The van der Waals surface area contributed by atoms with Crippen LogP contribution in [0.3, 0.4) is 0 Å². The molecule has 0 spiro atoms. The number of ether oxygens (including phenoxy) is 1. The molecule has 6 rings (SSSR count). The number of fused-ring (bicyclic) bond motifs is 1. The summed E-state index contributed by atoms with van der Waals surface area (Å²) < 4.78 is 80.6. The molecule has 1 atom stereocenters. The molecular weight excluding hydrogens is 698 g/mol. The second-order valence-corrected chi connectivity index (χ2v) is 12.6. The number of nitrogens with one attached hydrogen (secondary N) is 1. The minimum atomic E-state index is -4.57. The number of amides is 1. The van der Waals surface area contributed by atoms with E-state index in [-0.39, 0.29) is 55.9 Å². The summed E-state index contributed by atoms with van der Waals surface area (Å²) in [5.74, 6) is 0.0151. The van der Waals surface area contributed by atoms with Crippen molar-refractivity contribution in [2.45, 2.75) is 30.9 Å². The summed E-state index contributed by atoms with van der Waals surface area (Å²) in [4.78, 5) is 19.8. The molecule has 18 heteroatoms. The van der Waals surface area contributed by atoms with Crippen LogP contribution < -0.4 is 10.1 Å². The molecule has 0 radical (unpaired) electrons. The molecule has 2 N–H and O–H groups in total. The maximum absolute atomic E-state index is 13.1. The normalized spacial score (nSPS) is 15.3. The first-order chi connectivity index (χ1) is 21.7. The van der Waals surface area contributed by atoms with Gasteiger partial charge in [-0.25, -0.2) is 4.98 Å². The maximum atomic E-state index is 13.1. The highest BCUT2D eigenvalue weighted by atomic mass is 35.5. The van der Waals surface area contributed by atoms with Crippen molar-refractivity contribution in [3.8, 4) is 28.7 Å². The van der Waals surface area contributed by atoms with E-state index in [1.165, 1.54) is 18.3 Å². The Morgan fingerprint density at radius 1 is 1.04 bits per heavy atom. The highest BCUT2D eigenvalue weighted by Gasteiger charge is 2.32. The molecule has 5 aromatic rings. The Balaban J connectivity index is 0.000000322. The number of nitrogens with zero attached hydrogens (tertiary/aromatic N) is 4. The van der Waals surface area contributed by atoms with Crippen LogP contribution >= 0.6 is 34.8 Å². The first-order valence-electron chi connectivity index (χ1n) is 13.2. The molecule has 11 nitrogen and oxygen atoms in total. The molecule has 1 aliphatic rings. The molecule has 46 heavy (non-hydrogen) atoms. The van der Waals surface area contributed by atoms with E-state index in [4.69, 9.17) is 48.6 Å². The van der Waals surface area contributed by atoms with Gasteiger partial charge in [0.25, 0.3) is 16.0 Å². The van der Waals surface area contributed by atoms with Crippen molar-refractivity contribution in [3.63, 3.8) is 0 Å². The van der Waals surface area contributed by atoms with Crippen LogP contribution in [0.4, 0.5) is 13.2 Å². The molecule has 0 saturated carbocycles. The van der Waals surface area contributed by atoms with Crippen molar-refractivity contribution in [3.05, 3.63) is 87.1 Å². The molecular formula is C28H21Cl3F3N5O6S. The zero-order valence-electron chi connectivity index (χ0n) is 23.1. The molecule has 242 valence electrons. The van der Waals surface area contributed by atoms with Crippen molar-refractivity contribution >= 4 is 56.5 Å². The summed E-state index contributed by atoms with van der Waals surface area (Å²) >= 11 is 18.8. The Bertz CT molecular complexity index is 2000. The molecule has 3 aromatic heterocycles. The van der Waals surface area contributed by atoms with Crippen LogP contribution in [-0.4, -0.2) is 51.1 Å². The SMILES string of the molecule is O=C1CC[C@@H](Oc2cc(Cl)c(-c3noc(-c4cn5cc(C(F)(F)F)cc(Cl)c5n4)n3)cc2Cl)CN1.O=S(=O)(O)Cc1ccccc1. The van der Waals surface area contributed by atoms with Crippen LogP contribution in [0, 0.1) is 0 Å². The van der Waals surface area contributed by atoms with Crippen LogP contribution in [0.25, 0.3) is 28.6 Å². The Morgan fingerprint density at radius 2 is 1.78 bits per heavy atom. The van der Waals surface area contributed by atoms with E-state index in [0.29, 0.717) is 36.3 Å². The Labute approximate surface area is 274 Å². The van der Waals surface area contributed by atoms with Crippen LogP contribution in [0.15, 0.2) is 65.4 Å². The van der Waals surface area contributed by atoms with Gasteiger partial charge in [0, 0.05) is 30.4 Å². The minimum absolute atomic E-state index is 0.0362. The van der Waals surface area contributed by atoms with Gasteiger partial charge in [0.05, 0.1) is 27.2 Å². The largest absolute Gasteiger partial charge is 0.487 e. The molecule has 2 aromatic carbocycles. The molecule has 4 heterocycles. The molecule has 0 bridgehead atoms. The summed E-state index contributed by atoms with van der Waals surface area (Å²) in [6.45, 7) is 0.357. The highest BCUT2D eigenvalue weighted by Crippen LogP contribution is 2.38. The fraction of sp³-hybridized carbons (Fsp3) is 0.214. The van der Waals surface area contributed by atoms with Crippen LogP contribution in [0.5, 0.6) is 5.75 Å². The first kappa shape index (κ1) is 33.5. The van der Waals surface area contributed by atoms with Gasteiger partial charge in [-0.2, -0.15) is 26.6 Å². The van der Waals surface area contributed by atoms with Gasteiger partial charge in [-0.3, -0.25) is 9.35 Å². The second kappa shape index (κ2) is 13.5. The molecule has 1 fully saturated rings. The van der Waals surface area contributed by atoms with Gasteiger partial charge >= 0.3 is 6.18 Å². The fourth-order valence-electron chi connectivity index (χ4n) is 4.32. The summed E-state index contributed by atoms with van der Waals surface area (Å²) in [7, 11) is -3.88. The van der Waals surface area contributed by atoms with Crippen molar-refractivity contribution in [2.24, 2.45) is 0 Å². The number of alkyl halides is 3. The van der Waals surface area contributed by atoms with Gasteiger partial charge in [0.1, 0.15) is 23.3 Å². The van der Waals surface area contributed by atoms with Gasteiger partial charge in [0.15, 0.2) is 5.65 Å². The molecule has 1 saturated heterocycles. The number of imidazole rings is 1. The number of hydrogen-bond donors (Lipinski definition) is 2. The predicted octanol–water partition coefficient (Wildman–Crippen LogP) is 6.76. The number of halogens is 6. The third kappa shape index (κ3) is 8.27. The maximum Gasteiger partial charge on any atom is 0.417 e. The van der Waals surface area contributed by atoms with E-state index in [0.717, 1.165) is 16.7 Å². The third-order valence-electron chi connectivity index (χ3n) is 6.45. The van der Waals surface area contributed by atoms with Crippen LogP contribution in [0.1, 0.15) is 24.0 Å². The minimum Gasteiger partial charge on any atom is -0.487 e. The Hall–Kier alpha value is -3.89. The van der Waals surface area contributed by atoms with E-state index in [1.807, 2.05) is 0 Å². The quantitative estimate of drug-likeness (QED) is 0.182. The molecule has 1 amide bonds. The fourth-order valence-corrected chi connectivity index (χ4v) is 5.63. The van der Waals surface area contributed by atoms with E-state index in [1.54, 1.807) is 30.3 Å². The number of aromatic nitrogens is 4. The number of pyridine rings is 1. The summed E-state index contributed by atoms with van der Waals surface area (Å²) in [6.07, 6.45) is -1.76. The van der Waals surface area contributed by atoms with E-state index >= 15 is 0 Å². The van der Waals surface area contributed by atoms with Gasteiger partial charge in [-0.05, 0) is 24.1 Å². The monoisotopic (exact) mass is 717 g/mol. The number of hydrogen-bond acceptors (Lipinski definition) is 8. The van der Waals surface area contributed by atoms with E-state index < -0.39 is 21.9 Å². The average molecular weight is 719 g/mol. The topological polar surface area (TPSA) is 149 Å². The van der Waals surface area contributed by atoms with Crippen molar-refractivity contribution in [1.29, 1.82) is 0 Å². The van der Waals surface area contributed by atoms with Gasteiger partial charge in [0.2, 0.25) is 11.7 Å². The van der Waals surface area contributed by atoms with E-state index in [2.05, 4.69) is 20.4 Å². The highest BCUT2D eigenvalue weighted by molar-refractivity contribution is 7.85. The lowest BCUT2D eigenvalue weighted by atomic mass is 10.1. The lowest BCUT2D eigenvalue weighted by Gasteiger charge is -2.24. The average Bonchev–Trinajstić information content (AvgIpc) is 3.64. The van der Waals surface area contributed by atoms with Crippen LogP contribution in [0.2, 0.25) is 15.1 Å². The molecule has 0 aliphatic carbocycles. The smallest absolute Gasteiger partial charge is 0.417 e. The van der Waals surface area contributed by atoms with Gasteiger partial charge in [-0.1, -0.05) is 70.3 Å². The number of carbonyl (C=O) groups is 1. The zero-order valence-corrected chi connectivity index (χ0v) is 26.2. The Kier molecular flexibility index (Phi) is 9.79.